The molecule has 0 spiro atoms. The van der Waals surface area contributed by atoms with Crippen molar-refractivity contribution in [2.75, 3.05) is 18.1 Å². The molecule has 186 valence electrons. The Balaban J connectivity index is 1.44. The fourth-order valence-corrected chi connectivity index (χ4v) is 4.33. The van der Waals surface area contributed by atoms with E-state index in [4.69, 9.17) is 4.74 Å². The van der Waals surface area contributed by atoms with Gasteiger partial charge in [0.15, 0.2) is 12.1 Å². The van der Waals surface area contributed by atoms with Crippen molar-refractivity contribution in [3.05, 3.63) is 71.2 Å². The SMILES string of the molecule is CCOC(O)c1cnn2c1C(=O)N(c1ccc(-c3ncc4cc(C(F)(F)F)ccc4n3)cc1C)CC2. The van der Waals surface area contributed by atoms with Crippen LogP contribution in [0.15, 0.2) is 48.8 Å². The van der Waals surface area contributed by atoms with E-state index in [2.05, 4.69) is 15.1 Å². The number of amides is 1. The molecule has 0 aliphatic carbocycles. The number of anilines is 1. The van der Waals surface area contributed by atoms with Crippen LogP contribution in [0.3, 0.4) is 0 Å². The maximum Gasteiger partial charge on any atom is 0.416 e. The Hall–Kier alpha value is -3.83. The van der Waals surface area contributed by atoms with E-state index in [1.165, 1.54) is 18.5 Å². The van der Waals surface area contributed by atoms with Crippen molar-refractivity contribution in [1.82, 2.24) is 19.7 Å². The lowest BCUT2D eigenvalue weighted by Gasteiger charge is -2.30. The molecule has 0 bridgehead atoms. The van der Waals surface area contributed by atoms with Gasteiger partial charge in [0.2, 0.25) is 0 Å². The second-order valence-corrected chi connectivity index (χ2v) is 8.40. The molecule has 0 saturated heterocycles. The van der Waals surface area contributed by atoms with Crippen molar-refractivity contribution in [2.24, 2.45) is 0 Å². The third-order valence-electron chi connectivity index (χ3n) is 6.09. The van der Waals surface area contributed by atoms with Crippen LogP contribution >= 0.6 is 0 Å². The zero-order valence-corrected chi connectivity index (χ0v) is 19.5. The number of aliphatic hydroxyl groups excluding tert-OH is 1. The van der Waals surface area contributed by atoms with E-state index in [-0.39, 0.29) is 18.2 Å². The van der Waals surface area contributed by atoms with Gasteiger partial charge in [-0.15, -0.1) is 0 Å². The van der Waals surface area contributed by atoms with Crippen molar-refractivity contribution in [2.45, 2.75) is 32.9 Å². The number of alkyl halides is 3. The zero-order chi connectivity index (χ0) is 25.6. The predicted octanol–water partition coefficient (Wildman–Crippen LogP) is 4.51. The second kappa shape index (κ2) is 8.99. The molecule has 1 unspecified atom stereocenters. The summed E-state index contributed by atoms with van der Waals surface area (Å²) in [4.78, 5) is 23.7. The van der Waals surface area contributed by atoms with Crippen LogP contribution in [0.4, 0.5) is 18.9 Å². The number of carbonyl (C=O) groups is 1. The third-order valence-corrected chi connectivity index (χ3v) is 6.09. The predicted molar refractivity (Wildman–Crippen MR) is 125 cm³/mol. The van der Waals surface area contributed by atoms with Crippen LogP contribution in [0.5, 0.6) is 0 Å². The first-order valence-corrected chi connectivity index (χ1v) is 11.3. The molecule has 2 aromatic heterocycles. The molecular weight excluding hydrogens is 475 g/mol. The van der Waals surface area contributed by atoms with Crippen LogP contribution in [0.1, 0.15) is 40.4 Å². The molecule has 0 saturated carbocycles. The second-order valence-electron chi connectivity index (χ2n) is 8.40. The first kappa shape index (κ1) is 23.9. The van der Waals surface area contributed by atoms with E-state index in [1.807, 2.05) is 13.0 Å². The normalized spacial score (nSPS) is 14.8. The molecule has 3 heterocycles. The van der Waals surface area contributed by atoms with E-state index in [9.17, 15) is 23.1 Å². The van der Waals surface area contributed by atoms with E-state index in [0.29, 0.717) is 46.6 Å². The number of nitrogens with zero attached hydrogens (tertiary/aromatic N) is 5. The highest BCUT2D eigenvalue weighted by Crippen LogP contribution is 2.33. The van der Waals surface area contributed by atoms with E-state index >= 15 is 0 Å². The summed E-state index contributed by atoms with van der Waals surface area (Å²) in [7, 11) is 0. The molecule has 0 radical (unpaired) electrons. The summed E-state index contributed by atoms with van der Waals surface area (Å²) >= 11 is 0. The Morgan fingerprint density at radius 2 is 1.94 bits per heavy atom. The van der Waals surface area contributed by atoms with Gasteiger partial charge in [-0.2, -0.15) is 18.3 Å². The minimum atomic E-state index is -4.44. The summed E-state index contributed by atoms with van der Waals surface area (Å²) in [5.41, 5.74) is 2.38. The minimum absolute atomic E-state index is 0.279. The standard InChI is InChI=1S/C25H22F3N5O3/c1-3-36-24(35)18-13-30-33-9-8-32(23(34)21(18)33)20-7-4-15(10-14(20)2)22-29-12-16-11-17(25(26,27)28)5-6-19(16)31-22/h4-7,10-13,24,35H,3,8-9H2,1-2H3. The van der Waals surface area contributed by atoms with Gasteiger partial charge in [0, 0.05) is 36.0 Å². The van der Waals surface area contributed by atoms with Crippen LogP contribution in [0.25, 0.3) is 22.3 Å². The number of carbonyl (C=O) groups excluding carboxylic acids is 1. The van der Waals surface area contributed by atoms with Gasteiger partial charge in [-0.1, -0.05) is 0 Å². The number of hydrogen-bond acceptors (Lipinski definition) is 6. The average molecular weight is 497 g/mol. The topological polar surface area (TPSA) is 93.4 Å². The maximum absolute atomic E-state index is 13.4. The molecule has 1 aliphatic heterocycles. The van der Waals surface area contributed by atoms with Crippen LogP contribution in [0, 0.1) is 6.92 Å². The molecular formula is C25H22F3N5O3. The van der Waals surface area contributed by atoms with Crippen molar-refractivity contribution in [1.29, 1.82) is 0 Å². The Kier molecular flexibility index (Phi) is 5.97. The molecule has 8 nitrogen and oxygen atoms in total. The molecule has 2 aromatic carbocycles. The number of ether oxygens (including phenoxy) is 1. The lowest BCUT2D eigenvalue weighted by atomic mass is 10.1. The summed E-state index contributed by atoms with van der Waals surface area (Å²) in [5, 5.41) is 14.8. The van der Waals surface area contributed by atoms with Crippen molar-refractivity contribution in [3.8, 4) is 11.4 Å². The van der Waals surface area contributed by atoms with E-state index < -0.39 is 18.0 Å². The number of rotatable bonds is 5. The quantitative estimate of drug-likeness (QED) is 0.408. The van der Waals surface area contributed by atoms with Crippen LogP contribution < -0.4 is 4.90 Å². The molecule has 1 atom stereocenters. The monoisotopic (exact) mass is 497 g/mol. The molecule has 4 aromatic rings. The van der Waals surface area contributed by atoms with Gasteiger partial charge in [-0.25, -0.2) is 9.97 Å². The summed E-state index contributed by atoms with van der Waals surface area (Å²) < 4.78 is 45.8. The highest BCUT2D eigenvalue weighted by atomic mass is 19.4. The number of aryl methyl sites for hydroxylation is 1. The van der Waals surface area contributed by atoms with Gasteiger partial charge >= 0.3 is 6.18 Å². The third kappa shape index (κ3) is 4.20. The van der Waals surface area contributed by atoms with Gasteiger partial charge in [-0.3, -0.25) is 9.48 Å². The number of aliphatic hydroxyl groups is 1. The van der Waals surface area contributed by atoms with E-state index in [0.717, 1.165) is 17.7 Å². The minimum Gasteiger partial charge on any atom is -0.364 e. The largest absolute Gasteiger partial charge is 0.416 e. The van der Waals surface area contributed by atoms with Crippen LogP contribution in [0.2, 0.25) is 0 Å². The Morgan fingerprint density at radius 1 is 1.14 bits per heavy atom. The number of halogens is 3. The molecule has 1 N–H and O–H groups in total. The zero-order valence-electron chi connectivity index (χ0n) is 19.5. The highest BCUT2D eigenvalue weighted by molar-refractivity contribution is 6.07. The Bertz CT molecular complexity index is 1470. The molecule has 36 heavy (non-hydrogen) atoms. The van der Waals surface area contributed by atoms with Crippen molar-refractivity contribution < 1.29 is 27.8 Å². The number of fused-ring (bicyclic) bond motifs is 2. The Morgan fingerprint density at radius 3 is 2.67 bits per heavy atom. The molecule has 0 fully saturated rings. The number of aromatic nitrogens is 4. The summed E-state index contributed by atoms with van der Waals surface area (Å²) in [6.45, 7) is 4.73. The number of benzene rings is 2. The van der Waals surface area contributed by atoms with Gasteiger partial charge in [0.05, 0.1) is 29.4 Å². The maximum atomic E-state index is 13.4. The van der Waals surface area contributed by atoms with Crippen LogP contribution in [-0.2, 0) is 17.5 Å². The first-order chi connectivity index (χ1) is 17.2. The highest BCUT2D eigenvalue weighted by Gasteiger charge is 2.33. The van der Waals surface area contributed by atoms with Gasteiger partial charge in [0.1, 0.15) is 5.69 Å². The fourth-order valence-electron chi connectivity index (χ4n) is 4.33. The lowest BCUT2D eigenvalue weighted by molar-refractivity contribution is -0.137. The summed E-state index contributed by atoms with van der Waals surface area (Å²) in [6.07, 6.45) is -2.87. The summed E-state index contributed by atoms with van der Waals surface area (Å²) in [6, 6.07) is 8.73. The molecule has 5 rings (SSSR count). The van der Waals surface area contributed by atoms with Gasteiger partial charge in [-0.05, 0) is 55.8 Å². The fraction of sp³-hybridized carbons (Fsp3) is 0.280. The van der Waals surface area contributed by atoms with Crippen molar-refractivity contribution >= 4 is 22.5 Å². The molecule has 1 aliphatic rings. The van der Waals surface area contributed by atoms with Gasteiger partial charge in [0.25, 0.3) is 5.91 Å². The Labute approximate surface area is 204 Å². The van der Waals surface area contributed by atoms with Crippen molar-refractivity contribution in [3.63, 3.8) is 0 Å². The van der Waals surface area contributed by atoms with Gasteiger partial charge < -0.3 is 14.7 Å². The lowest BCUT2D eigenvalue weighted by Crippen LogP contribution is -2.41. The molecule has 11 heteroatoms. The van der Waals surface area contributed by atoms with Crippen LogP contribution in [-0.4, -0.2) is 43.9 Å². The van der Waals surface area contributed by atoms with E-state index in [1.54, 1.807) is 28.6 Å². The average Bonchev–Trinajstić information content (AvgIpc) is 3.29. The molecule has 1 amide bonds. The smallest absolute Gasteiger partial charge is 0.364 e. The number of hydrogen-bond donors (Lipinski definition) is 1. The first-order valence-electron chi connectivity index (χ1n) is 11.3. The summed E-state index contributed by atoms with van der Waals surface area (Å²) in [5.74, 6) is 0.0628.